The van der Waals surface area contributed by atoms with Crippen LogP contribution in [0.4, 0.5) is 4.39 Å². The molecule has 0 spiro atoms. The average molecular weight is 326 g/mol. The van der Waals surface area contributed by atoms with Gasteiger partial charge in [0.2, 0.25) is 10.0 Å². The van der Waals surface area contributed by atoms with Crippen molar-refractivity contribution in [2.24, 2.45) is 5.73 Å². The molecule has 2 aromatic rings. The Labute approximate surface area is 129 Å². The van der Waals surface area contributed by atoms with Crippen molar-refractivity contribution in [3.05, 3.63) is 42.0 Å². The van der Waals surface area contributed by atoms with Crippen LogP contribution in [0.25, 0.3) is 5.69 Å². The number of halogens is 1. The lowest BCUT2D eigenvalue weighted by Gasteiger charge is -2.09. The largest absolute Gasteiger partial charge is 0.330 e. The molecule has 0 amide bonds. The predicted octanol–water partition coefficient (Wildman–Crippen LogP) is 1.34. The topological polar surface area (TPSA) is 90.0 Å². The summed E-state index contributed by atoms with van der Waals surface area (Å²) in [5.41, 5.74) is 6.44. The van der Waals surface area contributed by atoms with Crippen LogP contribution in [0.1, 0.15) is 18.4 Å². The fraction of sp³-hybridized carbons (Fsp3) is 0.357. The highest BCUT2D eigenvalue weighted by Gasteiger charge is 2.16. The van der Waals surface area contributed by atoms with Crippen molar-refractivity contribution < 1.29 is 12.8 Å². The number of nitrogens with two attached hydrogens (primary N) is 1. The summed E-state index contributed by atoms with van der Waals surface area (Å²) in [6.07, 6.45) is 4.64. The molecule has 3 N–H and O–H groups in total. The molecular formula is C14H19FN4O2S. The first-order chi connectivity index (χ1) is 10.4. The molecule has 0 unspecified atom stereocenters. The van der Waals surface area contributed by atoms with Crippen LogP contribution in [0.3, 0.4) is 0 Å². The Morgan fingerprint density at radius 1 is 1.36 bits per heavy atom. The molecule has 0 aliphatic rings. The number of aromatic nitrogens is 2. The minimum Gasteiger partial charge on any atom is -0.330 e. The lowest BCUT2D eigenvalue weighted by Crippen LogP contribution is -2.25. The van der Waals surface area contributed by atoms with E-state index in [4.69, 9.17) is 5.73 Å². The summed E-state index contributed by atoms with van der Waals surface area (Å²) in [5.74, 6) is -0.645. The first-order valence-electron chi connectivity index (χ1n) is 6.95. The molecule has 0 aliphatic carbocycles. The van der Waals surface area contributed by atoms with E-state index in [-0.39, 0.29) is 17.1 Å². The Kier molecular flexibility index (Phi) is 5.28. The molecule has 0 saturated carbocycles. The van der Waals surface area contributed by atoms with E-state index < -0.39 is 15.8 Å². The molecule has 0 aliphatic heterocycles. The second kappa shape index (κ2) is 6.99. The average Bonchev–Trinajstić information content (AvgIpc) is 2.90. The molecule has 0 radical (unpaired) electrons. The third-order valence-corrected chi connectivity index (χ3v) is 4.57. The zero-order valence-corrected chi connectivity index (χ0v) is 13.1. The number of hydrogen-bond acceptors (Lipinski definition) is 4. The third-order valence-electron chi connectivity index (χ3n) is 3.11. The molecule has 120 valence electrons. The molecule has 1 aromatic heterocycles. The minimum absolute atomic E-state index is 0.106. The normalized spacial score (nSPS) is 11.8. The van der Waals surface area contributed by atoms with Gasteiger partial charge in [-0.3, -0.25) is 0 Å². The predicted molar refractivity (Wildman–Crippen MR) is 81.7 cm³/mol. The van der Waals surface area contributed by atoms with Gasteiger partial charge in [-0.05, 0) is 50.1 Å². The van der Waals surface area contributed by atoms with E-state index in [1.807, 2.05) is 6.92 Å². The summed E-state index contributed by atoms with van der Waals surface area (Å²) >= 11 is 0. The van der Waals surface area contributed by atoms with E-state index in [0.717, 1.165) is 18.1 Å². The first kappa shape index (κ1) is 16.6. The van der Waals surface area contributed by atoms with Gasteiger partial charge in [0, 0.05) is 12.7 Å². The molecule has 0 saturated heterocycles. The van der Waals surface area contributed by atoms with Gasteiger partial charge >= 0.3 is 0 Å². The number of nitrogens with one attached hydrogen (secondary N) is 1. The Morgan fingerprint density at radius 2 is 2.14 bits per heavy atom. The standard InChI is InChI=1S/C14H19FN4O2S/c1-11-9-17-19(10-11)14-5-4-12(8-13(14)15)22(20,21)18-7-3-2-6-16/h4-5,8-10,18H,2-3,6-7,16H2,1H3. The van der Waals surface area contributed by atoms with Gasteiger partial charge < -0.3 is 5.73 Å². The molecule has 1 heterocycles. The molecule has 2 rings (SSSR count). The van der Waals surface area contributed by atoms with Crippen molar-refractivity contribution in [1.29, 1.82) is 0 Å². The number of rotatable bonds is 7. The van der Waals surface area contributed by atoms with E-state index in [0.29, 0.717) is 13.0 Å². The third kappa shape index (κ3) is 3.90. The van der Waals surface area contributed by atoms with Gasteiger partial charge in [-0.1, -0.05) is 0 Å². The van der Waals surface area contributed by atoms with Crippen molar-refractivity contribution in [2.45, 2.75) is 24.7 Å². The summed E-state index contributed by atoms with van der Waals surface area (Å²) in [6, 6.07) is 3.76. The van der Waals surface area contributed by atoms with Crippen molar-refractivity contribution in [3.63, 3.8) is 0 Å². The summed E-state index contributed by atoms with van der Waals surface area (Å²) in [7, 11) is -3.72. The van der Waals surface area contributed by atoms with Gasteiger partial charge in [-0.25, -0.2) is 22.2 Å². The zero-order valence-electron chi connectivity index (χ0n) is 12.3. The van der Waals surface area contributed by atoms with Crippen LogP contribution in [-0.4, -0.2) is 31.3 Å². The molecule has 6 nitrogen and oxygen atoms in total. The van der Waals surface area contributed by atoms with Crippen molar-refractivity contribution in [1.82, 2.24) is 14.5 Å². The SMILES string of the molecule is Cc1cnn(-c2ccc(S(=O)(=O)NCCCCN)cc2F)c1. The maximum atomic E-state index is 14.1. The second-order valence-corrected chi connectivity index (χ2v) is 6.74. The Bertz CT molecular complexity index is 743. The highest BCUT2D eigenvalue weighted by atomic mass is 32.2. The van der Waals surface area contributed by atoms with Crippen molar-refractivity contribution >= 4 is 10.0 Å². The van der Waals surface area contributed by atoms with Crippen LogP contribution in [0.5, 0.6) is 0 Å². The highest BCUT2D eigenvalue weighted by molar-refractivity contribution is 7.89. The number of unbranched alkanes of at least 4 members (excludes halogenated alkanes) is 1. The maximum absolute atomic E-state index is 14.1. The summed E-state index contributed by atoms with van der Waals surface area (Å²) in [4.78, 5) is -0.106. The molecule has 22 heavy (non-hydrogen) atoms. The van der Waals surface area contributed by atoms with Crippen LogP contribution in [0, 0.1) is 12.7 Å². The van der Waals surface area contributed by atoms with Crippen LogP contribution in [0.2, 0.25) is 0 Å². The first-order valence-corrected chi connectivity index (χ1v) is 8.43. The minimum atomic E-state index is -3.72. The molecule has 8 heteroatoms. The van der Waals surface area contributed by atoms with E-state index in [1.54, 1.807) is 12.4 Å². The Morgan fingerprint density at radius 3 is 2.73 bits per heavy atom. The lowest BCUT2D eigenvalue weighted by atomic mass is 10.3. The van der Waals surface area contributed by atoms with E-state index in [2.05, 4.69) is 9.82 Å². The van der Waals surface area contributed by atoms with E-state index >= 15 is 0 Å². The summed E-state index contributed by atoms with van der Waals surface area (Å²) in [5, 5.41) is 4.01. The number of aryl methyl sites for hydroxylation is 1. The van der Waals surface area contributed by atoms with Gasteiger partial charge in [0.1, 0.15) is 11.5 Å². The number of hydrogen-bond donors (Lipinski definition) is 2. The van der Waals surface area contributed by atoms with Gasteiger partial charge in [-0.2, -0.15) is 5.10 Å². The number of nitrogens with zero attached hydrogens (tertiary/aromatic N) is 2. The van der Waals surface area contributed by atoms with E-state index in [1.165, 1.54) is 16.8 Å². The van der Waals surface area contributed by atoms with Crippen LogP contribution in [-0.2, 0) is 10.0 Å². The smallest absolute Gasteiger partial charge is 0.240 e. The van der Waals surface area contributed by atoms with Gasteiger partial charge in [-0.15, -0.1) is 0 Å². The molecule has 0 atom stereocenters. The fourth-order valence-electron chi connectivity index (χ4n) is 1.94. The number of benzene rings is 1. The molecule has 0 fully saturated rings. The second-order valence-electron chi connectivity index (χ2n) is 4.97. The molecule has 1 aromatic carbocycles. The van der Waals surface area contributed by atoms with Crippen molar-refractivity contribution in [3.8, 4) is 5.69 Å². The fourth-order valence-corrected chi connectivity index (χ4v) is 3.03. The zero-order chi connectivity index (χ0) is 16.2. The molecular weight excluding hydrogens is 307 g/mol. The van der Waals surface area contributed by atoms with Crippen molar-refractivity contribution in [2.75, 3.05) is 13.1 Å². The monoisotopic (exact) mass is 326 g/mol. The van der Waals surface area contributed by atoms with Gasteiger partial charge in [0.05, 0.1) is 11.1 Å². The lowest BCUT2D eigenvalue weighted by molar-refractivity contribution is 0.572. The number of sulfonamides is 1. The molecule has 0 bridgehead atoms. The van der Waals surface area contributed by atoms with Crippen LogP contribution >= 0.6 is 0 Å². The maximum Gasteiger partial charge on any atom is 0.240 e. The summed E-state index contributed by atoms with van der Waals surface area (Å²) < 4.78 is 42.1. The Hall–Kier alpha value is -1.77. The van der Waals surface area contributed by atoms with Gasteiger partial charge in [0.15, 0.2) is 0 Å². The van der Waals surface area contributed by atoms with E-state index in [9.17, 15) is 12.8 Å². The Balaban J connectivity index is 2.18. The highest BCUT2D eigenvalue weighted by Crippen LogP contribution is 2.18. The van der Waals surface area contributed by atoms with Crippen LogP contribution in [0.15, 0.2) is 35.5 Å². The van der Waals surface area contributed by atoms with Gasteiger partial charge in [0.25, 0.3) is 0 Å². The quantitative estimate of drug-likeness (QED) is 0.751. The van der Waals surface area contributed by atoms with Crippen LogP contribution < -0.4 is 10.5 Å². The summed E-state index contributed by atoms with van der Waals surface area (Å²) in [6.45, 7) is 2.63.